The van der Waals surface area contributed by atoms with Crippen LogP contribution in [0.3, 0.4) is 0 Å². The van der Waals surface area contributed by atoms with Crippen LogP contribution in [0.4, 0.5) is 27.6 Å². The predicted octanol–water partition coefficient (Wildman–Crippen LogP) is 5.14. The molecule has 1 heterocycles. The van der Waals surface area contributed by atoms with E-state index < -0.39 is 34.8 Å². The summed E-state index contributed by atoms with van der Waals surface area (Å²) in [7, 11) is 0. The number of rotatable bonds is 4. The van der Waals surface area contributed by atoms with E-state index in [-0.39, 0.29) is 12.4 Å². The van der Waals surface area contributed by atoms with Gasteiger partial charge in [-0.1, -0.05) is 35.9 Å². The summed E-state index contributed by atoms with van der Waals surface area (Å²) >= 11 is 0. The number of amidine groups is 1. The Morgan fingerprint density at radius 3 is 2.04 bits per heavy atom. The number of anilines is 1. The lowest BCUT2D eigenvalue weighted by atomic mass is 10.1. The number of aryl methyl sites for hydroxylation is 1. The van der Waals surface area contributed by atoms with E-state index in [9.17, 15) is 22.0 Å². The van der Waals surface area contributed by atoms with Crippen LogP contribution in [0.25, 0.3) is 0 Å². The van der Waals surface area contributed by atoms with E-state index in [4.69, 9.17) is 0 Å². The van der Waals surface area contributed by atoms with Crippen molar-refractivity contribution in [2.75, 3.05) is 5.32 Å². The molecule has 3 aromatic rings. The maximum absolute atomic E-state index is 14.1. The number of aromatic nitrogens is 1. The monoisotopic (exact) mass is 391 g/mol. The van der Waals surface area contributed by atoms with Crippen molar-refractivity contribution in [3.63, 3.8) is 0 Å². The third-order valence-corrected chi connectivity index (χ3v) is 3.90. The van der Waals surface area contributed by atoms with Crippen molar-refractivity contribution in [2.24, 2.45) is 4.99 Å². The molecule has 0 saturated heterocycles. The van der Waals surface area contributed by atoms with Crippen LogP contribution in [0, 0.1) is 36.0 Å². The Labute approximate surface area is 157 Å². The minimum Gasteiger partial charge on any atom is -0.335 e. The fourth-order valence-electron chi connectivity index (χ4n) is 2.40. The Morgan fingerprint density at radius 1 is 0.857 bits per heavy atom. The molecule has 0 atom stereocenters. The van der Waals surface area contributed by atoms with Crippen molar-refractivity contribution < 1.29 is 22.0 Å². The van der Waals surface area contributed by atoms with Gasteiger partial charge < -0.3 is 5.32 Å². The molecule has 0 bridgehead atoms. The van der Waals surface area contributed by atoms with E-state index >= 15 is 0 Å². The second-order valence-electron chi connectivity index (χ2n) is 5.92. The van der Waals surface area contributed by atoms with Gasteiger partial charge in [-0.25, -0.2) is 22.0 Å². The normalized spacial score (nSPS) is 11.6. The first-order valence-corrected chi connectivity index (χ1v) is 8.18. The number of nitrogens with one attached hydrogen (secondary N) is 1. The molecule has 8 heteroatoms. The highest BCUT2D eigenvalue weighted by molar-refractivity contribution is 6.08. The Morgan fingerprint density at radius 2 is 1.46 bits per heavy atom. The number of benzene rings is 2. The summed E-state index contributed by atoms with van der Waals surface area (Å²) in [6, 6.07) is 11.8. The van der Waals surface area contributed by atoms with Crippen LogP contribution in [0.15, 0.2) is 53.7 Å². The zero-order chi connectivity index (χ0) is 20.3. The summed E-state index contributed by atoms with van der Waals surface area (Å²) in [6.07, 6.45) is 1.55. The highest BCUT2D eigenvalue weighted by atomic mass is 19.2. The lowest BCUT2D eigenvalue weighted by Crippen LogP contribution is -2.18. The summed E-state index contributed by atoms with van der Waals surface area (Å²) < 4.78 is 68.4. The highest BCUT2D eigenvalue weighted by Gasteiger charge is 2.26. The minimum absolute atomic E-state index is 0.0342. The van der Waals surface area contributed by atoms with E-state index in [0.717, 1.165) is 5.56 Å². The molecule has 0 amide bonds. The largest absolute Gasteiger partial charge is 0.335 e. The van der Waals surface area contributed by atoms with E-state index in [1.807, 2.05) is 6.92 Å². The molecule has 0 fully saturated rings. The van der Waals surface area contributed by atoms with Gasteiger partial charge in [-0.15, -0.1) is 0 Å². The fourth-order valence-corrected chi connectivity index (χ4v) is 2.40. The summed E-state index contributed by atoms with van der Waals surface area (Å²) in [4.78, 5) is 8.31. The molecule has 0 aliphatic carbocycles. The van der Waals surface area contributed by atoms with E-state index in [0.29, 0.717) is 11.3 Å². The number of hydrogen-bond acceptors (Lipinski definition) is 2. The molecule has 0 aliphatic rings. The van der Waals surface area contributed by atoms with Crippen molar-refractivity contribution in [2.45, 2.75) is 13.5 Å². The van der Waals surface area contributed by atoms with Crippen LogP contribution < -0.4 is 5.32 Å². The Hall–Kier alpha value is -3.29. The zero-order valence-corrected chi connectivity index (χ0v) is 14.6. The van der Waals surface area contributed by atoms with Crippen molar-refractivity contribution in [1.29, 1.82) is 0 Å². The predicted molar refractivity (Wildman–Crippen MR) is 95.5 cm³/mol. The summed E-state index contributed by atoms with van der Waals surface area (Å²) in [5.41, 5.74) is 0.720. The van der Waals surface area contributed by atoms with Crippen molar-refractivity contribution in [3.05, 3.63) is 94.6 Å². The van der Waals surface area contributed by atoms with Gasteiger partial charge >= 0.3 is 0 Å². The van der Waals surface area contributed by atoms with Gasteiger partial charge in [0.25, 0.3) is 0 Å². The summed E-state index contributed by atoms with van der Waals surface area (Å²) in [5.74, 6) is -10.3. The van der Waals surface area contributed by atoms with Crippen LogP contribution in [-0.2, 0) is 6.54 Å². The molecule has 2 aromatic carbocycles. The molecule has 0 spiro atoms. The Bertz CT molecular complexity index is 989. The number of pyridine rings is 1. The molecule has 1 aromatic heterocycles. The van der Waals surface area contributed by atoms with Crippen LogP contribution in [-0.4, -0.2) is 10.8 Å². The third-order valence-electron chi connectivity index (χ3n) is 3.90. The average molecular weight is 391 g/mol. The molecule has 3 nitrogen and oxygen atoms in total. The first-order chi connectivity index (χ1) is 13.4. The second-order valence-corrected chi connectivity index (χ2v) is 5.92. The Balaban J connectivity index is 2.04. The lowest BCUT2D eigenvalue weighted by molar-refractivity contribution is 0.382. The van der Waals surface area contributed by atoms with Crippen LogP contribution in [0.5, 0.6) is 0 Å². The van der Waals surface area contributed by atoms with E-state index in [2.05, 4.69) is 15.3 Å². The van der Waals surface area contributed by atoms with Crippen LogP contribution >= 0.6 is 0 Å². The first kappa shape index (κ1) is 19.5. The van der Waals surface area contributed by atoms with Gasteiger partial charge in [-0.05, 0) is 19.1 Å². The molecule has 28 heavy (non-hydrogen) atoms. The third kappa shape index (κ3) is 4.00. The summed E-state index contributed by atoms with van der Waals surface area (Å²) in [6.45, 7) is 1.87. The van der Waals surface area contributed by atoms with Crippen LogP contribution in [0.1, 0.15) is 16.8 Å². The maximum atomic E-state index is 14.1. The number of aliphatic imine (C=N–C) groups is 1. The number of nitrogens with zero attached hydrogens (tertiary/aromatic N) is 2. The molecular formula is C20H14F5N3. The van der Waals surface area contributed by atoms with Gasteiger partial charge in [0.2, 0.25) is 5.82 Å². The topological polar surface area (TPSA) is 37.3 Å². The molecular weight excluding hydrogens is 377 g/mol. The maximum Gasteiger partial charge on any atom is 0.200 e. The van der Waals surface area contributed by atoms with Crippen molar-refractivity contribution in [3.8, 4) is 0 Å². The molecule has 0 saturated carbocycles. The summed E-state index contributed by atoms with van der Waals surface area (Å²) in [5, 5.41) is 2.26. The highest BCUT2D eigenvalue weighted by Crippen LogP contribution is 2.27. The van der Waals surface area contributed by atoms with E-state index in [1.54, 1.807) is 48.7 Å². The van der Waals surface area contributed by atoms with Gasteiger partial charge in [-0.3, -0.25) is 9.98 Å². The molecule has 0 unspecified atom stereocenters. The number of halogens is 5. The molecule has 144 valence electrons. The molecule has 0 radical (unpaired) electrons. The zero-order valence-electron chi connectivity index (χ0n) is 14.6. The van der Waals surface area contributed by atoms with Crippen molar-refractivity contribution >= 4 is 11.5 Å². The number of hydrogen-bond donors (Lipinski definition) is 1. The van der Waals surface area contributed by atoms with Gasteiger partial charge in [0.1, 0.15) is 11.5 Å². The second kappa shape index (κ2) is 8.16. The van der Waals surface area contributed by atoms with Gasteiger partial charge in [-0.2, -0.15) is 0 Å². The quantitative estimate of drug-likeness (QED) is 0.220. The van der Waals surface area contributed by atoms with Crippen LogP contribution in [0.2, 0.25) is 0 Å². The SMILES string of the molecule is Cc1ccc(C(=NCc2ccccn2)Nc2c(F)c(F)c(F)c(F)c2F)cc1. The van der Waals surface area contributed by atoms with Gasteiger partial charge in [0.15, 0.2) is 23.3 Å². The first-order valence-electron chi connectivity index (χ1n) is 8.18. The minimum atomic E-state index is -2.22. The van der Waals surface area contributed by atoms with Gasteiger partial charge in [0, 0.05) is 11.8 Å². The fraction of sp³-hybridized carbons (Fsp3) is 0.100. The van der Waals surface area contributed by atoms with Crippen molar-refractivity contribution in [1.82, 2.24) is 4.98 Å². The Kier molecular flexibility index (Phi) is 5.67. The smallest absolute Gasteiger partial charge is 0.200 e. The molecule has 3 rings (SSSR count). The molecule has 1 N–H and O–H groups in total. The lowest BCUT2D eigenvalue weighted by Gasteiger charge is -2.14. The standard InChI is InChI=1S/C20H14F5N3/c1-11-5-7-12(8-6-11)20(27-10-13-4-2-3-9-26-13)28-19-17(24)15(22)14(21)16(23)18(19)25/h2-9H,10H2,1H3,(H,27,28). The van der Waals surface area contributed by atoms with E-state index in [1.165, 1.54) is 0 Å². The average Bonchev–Trinajstić information content (AvgIpc) is 2.72. The van der Waals surface area contributed by atoms with Gasteiger partial charge in [0.05, 0.1) is 12.2 Å². The molecule has 0 aliphatic heterocycles.